The number of hydrogen-bond donors (Lipinski definition) is 0. The minimum atomic E-state index is 0.176. The van der Waals surface area contributed by atoms with Crippen LogP contribution in [0.2, 0.25) is 0 Å². The molecule has 0 N–H and O–H groups in total. The fourth-order valence-corrected chi connectivity index (χ4v) is 3.15. The summed E-state index contributed by atoms with van der Waals surface area (Å²) < 4.78 is 7.65. The predicted molar refractivity (Wildman–Crippen MR) is 94.3 cm³/mol. The van der Waals surface area contributed by atoms with Gasteiger partial charge in [0.05, 0.1) is 0 Å². The molecule has 1 saturated heterocycles. The SMILES string of the molecule is O=C(CCn1cccn1)N1CCCN(c2nc3ccccc3o2)CC1. The highest BCUT2D eigenvalue weighted by Crippen LogP contribution is 2.22. The summed E-state index contributed by atoms with van der Waals surface area (Å²) in [5.41, 5.74) is 1.67. The van der Waals surface area contributed by atoms with Gasteiger partial charge < -0.3 is 14.2 Å². The van der Waals surface area contributed by atoms with E-state index in [9.17, 15) is 4.79 Å². The number of benzene rings is 1. The molecule has 1 fully saturated rings. The van der Waals surface area contributed by atoms with Crippen LogP contribution in [0.25, 0.3) is 11.1 Å². The molecule has 0 saturated carbocycles. The molecule has 0 spiro atoms. The standard InChI is InChI=1S/C18H21N5O2/c24-17(7-12-23-11-3-8-19-23)21-9-4-10-22(14-13-21)18-20-15-5-1-2-6-16(15)25-18/h1-3,5-6,8,11H,4,7,9-10,12-14H2. The molecule has 130 valence electrons. The lowest BCUT2D eigenvalue weighted by Crippen LogP contribution is -2.35. The van der Waals surface area contributed by atoms with Crippen LogP contribution in [0.15, 0.2) is 47.1 Å². The molecule has 1 aliphatic rings. The number of aryl methyl sites for hydroxylation is 1. The van der Waals surface area contributed by atoms with E-state index in [1.807, 2.05) is 41.4 Å². The van der Waals surface area contributed by atoms with Crippen LogP contribution >= 0.6 is 0 Å². The molecule has 1 aliphatic heterocycles. The van der Waals surface area contributed by atoms with E-state index in [0.717, 1.165) is 37.2 Å². The van der Waals surface area contributed by atoms with Crippen molar-refractivity contribution < 1.29 is 9.21 Å². The number of carbonyl (C=O) groups is 1. The van der Waals surface area contributed by atoms with Crippen molar-refractivity contribution in [2.24, 2.45) is 0 Å². The fourth-order valence-electron chi connectivity index (χ4n) is 3.15. The zero-order valence-electron chi connectivity index (χ0n) is 14.0. The van der Waals surface area contributed by atoms with Crippen LogP contribution < -0.4 is 4.90 Å². The number of aromatic nitrogens is 3. The van der Waals surface area contributed by atoms with Crippen LogP contribution in [0.3, 0.4) is 0 Å². The second-order valence-corrected chi connectivity index (χ2v) is 6.20. The Morgan fingerprint density at radius 2 is 2.04 bits per heavy atom. The Balaban J connectivity index is 1.37. The van der Waals surface area contributed by atoms with Crippen molar-refractivity contribution in [3.05, 3.63) is 42.7 Å². The lowest BCUT2D eigenvalue weighted by atomic mass is 10.3. The monoisotopic (exact) mass is 339 g/mol. The second kappa shape index (κ2) is 6.96. The molecular weight excluding hydrogens is 318 g/mol. The summed E-state index contributed by atoms with van der Waals surface area (Å²) in [6, 6.07) is 10.3. The summed E-state index contributed by atoms with van der Waals surface area (Å²) in [7, 11) is 0. The molecular formula is C18H21N5O2. The molecule has 0 bridgehead atoms. The first-order chi connectivity index (χ1) is 12.3. The number of carbonyl (C=O) groups excluding carboxylic acids is 1. The van der Waals surface area contributed by atoms with Gasteiger partial charge in [0.25, 0.3) is 6.01 Å². The predicted octanol–water partition coefficient (Wildman–Crippen LogP) is 2.15. The van der Waals surface area contributed by atoms with Crippen molar-refractivity contribution in [1.29, 1.82) is 0 Å². The molecule has 3 aromatic rings. The third-order valence-corrected chi connectivity index (χ3v) is 4.52. The number of amides is 1. The van der Waals surface area contributed by atoms with Crippen molar-refractivity contribution in [1.82, 2.24) is 19.7 Å². The molecule has 0 radical (unpaired) electrons. The van der Waals surface area contributed by atoms with E-state index < -0.39 is 0 Å². The molecule has 7 heteroatoms. The first kappa shape index (κ1) is 15.7. The number of oxazole rings is 1. The maximum Gasteiger partial charge on any atom is 0.298 e. The van der Waals surface area contributed by atoms with Crippen LogP contribution in [-0.2, 0) is 11.3 Å². The minimum Gasteiger partial charge on any atom is -0.423 e. The van der Waals surface area contributed by atoms with Gasteiger partial charge in [-0.15, -0.1) is 0 Å². The molecule has 1 aromatic carbocycles. The molecule has 2 aromatic heterocycles. The summed E-state index contributed by atoms with van der Waals surface area (Å²) >= 11 is 0. The maximum absolute atomic E-state index is 12.5. The van der Waals surface area contributed by atoms with E-state index in [2.05, 4.69) is 15.0 Å². The van der Waals surface area contributed by atoms with Gasteiger partial charge in [0.15, 0.2) is 5.58 Å². The van der Waals surface area contributed by atoms with Crippen molar-refractivity contribution >= 4 is 23.0 Å². The van der Waals surface area contributed by atoms with Gasteiger partial charge in [0, 0.05) is 51.5 Å². The van der Waals surface area contributed by atoms with Gasteiger partial charge in [0.2, 0.25) is 5.91 Å². The van der Waals surface area contributed by atoms with E-state index in [-0.39, 0.29) is 5.91 Å². The van der Waals surface area contributed by atoms with Gasteiger partial charge >= 0.3 is 0 Å². The van der Waals surface area contributed by atoms with Crippen LogP contribution in [0.5, 0.6) is 0 Å². The number of para-hydroxylation sites is 2. The van der Waals surface area contributed by atoms with E-state index in [4.69, 9.17) is 4.42 Å². The molecule has 25 heavy (non-hydrogen) atoms. The van der Waals surface area contributed by atoms with Crippen LogP contribution in [0.4, 0.5) is 6.01 Å². The van der Waals surface area contributed by atoms with Crippen LogP contribution in [0.1, 0.15) is 12.8 Å². The summed E-state index contributed by atoms with van der Waals surface area (Å²) in [4.78, 5) is 21.1. The summed E-state index contributed by atoms with van der Waals surface area (Å²) in [6.45, 7) is 3.67. The highest BCUT2D eigenvalue weighted by atomic mass is 16.4. The summed E-state index contributed by atoms with van der Waals surface area (Å²) in [5, 5.41) is 4.14. The average Bonchev–Trinajstić information content (AvgIpc) is 3.23. The second-order valence-electron chi connectivity index (χ2n) is 6.20. The molecule has 4 rings (SSSR count). The first-order valence-electron chi connectivity index (χ1n) is 8.65. The molecule has 0 unspecified atom stereocenters. The van der Waals surface area contributed by atoms with Crippen LogP contribution in [0, 0.1) is 0 Å². The summed E-state index contributed by atoms with van der Waals surface area (Å²) in [5.74, 6) is 0.176. The van der Waals surface area contributed by atoms with Gasteiger partial charge in [-0.2, -0.15) is 10.1 Å². The Kier molecular flexibility index (Phi) is 4.37. The number of fused-ring (bicyclic) bond motifs is 1. The highest BCUT2D eigenvalue weighted by Gasteiger charge is 2.21. The Hall–Kier alpha value is -2.83. The zero-order chi connectivity index (χ0) is 17.1. The molecule has 0 aliphatic carbocycles. The van der Waals surface area contributed by atoms with Gasteiger partial charge in [-0.1, -0.05) is 12.1 Å². The highest BCUT2D eigenvalue weighted by molar-refractivity contribution is 5.76. The summed E-state index contributed by atoms with van der Waals surface area (Å²) in [6.07, 6.45) is 5.00. The quantitative estimate of drug-likeness (QED) is 0.729. The molecule has 3 heterocycles. The first-order valence-corrected chi connectivity index (χ1v) is 8.65. The molecule has 0 atom stereocenters. The number of nitrogens with zero attached hydrogens (tertiary/aromatic N) is 5. The third kappa shape index (κ3) is 3.50. The van der Waals surface area contributed by atoms with Crippen LogP contribution in [-0.4, -0.2) is 51.8 Å². The Labute approximate surface area is 145 Å². The van der Waals surface area contributed by atoms with E-state index in [1.54, 1.807) is 10.9 Å². The zero-order valence-corrected chi connectivity index (χ0v) is 14.0. The van der Waals surface area contributed by atoms with E-state index in [1.165, 1.54) is 0 Å². The van der Waals surface area contributed by atoms with Gasteiger partial charge in [0.1, 0.15) is 5.52 Å². The number of anilines is 1. The van der Waals surface area contributed by atoms with Crippen molar-refractivity contribution in [3.63, 3.8) is 0 Å². The smallest absolute Gasteiger partial charge is 0.298 e. The van der Waals surface area contributed by atoms with Crippen molar-refractivity contribution in [2.45, 2.75) is 19.4 Å². The van der Waals surface area contributed by atoms with Gasteiger partial charge in [-0.25, -0.2) is 0 Å². The van der Waals surface area contributed by atoms with Gasteiger partial charge in [-0.3, -0.25) is 9.48 Å². The molecule has 1 amide bonds. The molecule has 7 nitrogen and oxygen atoms in total. The lowest BCUT2D eigenvalue weighted by molar-refractivity contribution is -0.131. The lowest BCUT2D eigenvalue weighted by Gasteiger charge is -2.21. The Morgan fingerprint density at radius 3 is 2.88 bits per heavy atom. The largest absolute Gasteiger partial charge is 0.423 e. The Bertz CT molecular complexity index is 809. The topological polar surface area (TPSA) is 67.4 Å². The Morgan fingerprint density at radius 1 is 1.12 bits per heavy atom. The van der Waals surface area contributed by atoms with Crippen molar-refractivity contribution in [3.8, 4) is 0 Å². The third-order valence-electron chi connectivity index (χ3n) is 4.52. The minimum absolute atomic E-state index is 0.176. The normalized spacial score (nSPS) is 15.5. The average molecular weight is 339 g/mol. The fraction of sp³-hybridized carbons (Fsp3) is 0.389. The van der Waals surface area contributed by atoms with E-state index in [0.29, 0.717) is 25.5 Å². The van der Waals surface area contributed by atoms with Crippen molar-refractivity contribution in [2.75, 3.05) is 31.1 Å². The number of hydrogen-bond acceptors (Lipinski definition) is 5. The van der Waals surface area contributed by atoms with E-state index >= 15 is 0 Å². The number of rotatable bonds is 4. The maximum atomic E-state index is 12.5. The van der Waals surface area contributed by atoms with Gasteiger partial charge in [-0.05, 0) is 24.6 Å².